The summed E-state index contributed by atoms with van der Waals surface area (Å²) in [4.78, 5) is 34.1. The molecule has 6 nitrogen and oxygen atoms in total. The maximum absolute atomic E-state index is 14.2. The highest BCUT2D eigenvalue weighted by atomic mass is 127. The highest BCUT2D eigenvalue weighted by Crippen LogP contribution is 2.37. The molecular weight excluding hydrogens is 842 g/mol. The van der Waals surface area contributed by atoms with Crippen molar-refractivity contribution in [3.8, 4) is 5.75 Å². The molecule has 3 aromatic carbocycles. The van der Waals surface area contributed by atoms with Gasteiger partial charge in [0, 0.05) is 24.6 Å². The fourth-order valence-corrected chi connectivity index (χ4v) is 8.99. The van der Waals surface area contributed by atoms with E-state index in [4.69, 9.17) is 26.1 Å². The van der Waals surface area contributed by atoms with Crippen LogP contribution >= 0.6 is 79.5 Å². The van der Waals surface area contributed by atoms with Gasteiger partial charge in [-0.15, -0.1) is 11.3 Å². The molecule has 11 heteroatoms. The van der Waals surface area contributed by atoms with Crippen LogP contribution in [0.4, 0.5) is 0 Å². The van der Waals surface area contributed by atoms with Gasteiger partial charge in [0.1, 0.15) is 18.4 Å². The van der Waals surface area contributed by atoms with Gasteiger partial charge in [-0.25, -0.2) is 9.79 Å². The summed E-state index contributed by atoms with van der Waals surface area (Å²) in [5, 5.41) is 2.58. The Morgan fingerprint density at radius 2 is 1.89 bits per heavy atom. The summed E-state index contributed by atoms with van der Waals surface area (Å²) in [5.74, 6) is 0.176. The number of fused-ring (bicyclic) bond motifs is 1. The molecule has 0 aliphatic carbocycles. The predicted octanol–water partition coefficient (Wildman–Crippen LogP) is 7.44. The summed E-state index contributed by atoms with van der Waals surface area (Å²) < 4.78 is 15.9. The van der Waals surface area contributed by atoms with Gasteiger partial charge >= 0.3 is 5.97 Å². The van der Waals surface area contributed by atoms with Crippen molar-refractivity contribution in [2.45, 2.75) is 19.6 Å². The molecule has 0 saturated heterocycles. The molecule has 0 unspecified atom stereocenters. The lowest BCUT2D eigenvalue weighted by Crippen LogP contribution is -2.39. The molecule has 0 amide bonds. The molecule has 222 valence electrons. The first kappa shape index (κ1) is 31.2. The number of carbonyl (C=O) groups is 1. The van der Waals surface area contributed by atoms with E-state index in [0.29, 0.717) is 38.0 Å². The molecule has 0 radical (unpaired) electrons. The molecule has 0 saturated carbocycles. The van der Waals surface area contributed by atoms with Gasteiger partial charge in [-0.2, -0.15) is 0 Å². The van der Waals surface area contributed by atoms with E-state index in [2.05, 4.69) is 45.2 Å². The monoisotopic (exact) mass is 864 g/mol. The molecular formula is C33H23ClI2N2O4S2. The van der Waals surface area contributed by atoms with Crippen molar-refractivity contribution in [3.63, 3.8) is 0 Å². The molecule has 0 fully saturated rings. The van der Waals surface area contributed by atoms with Gasteiger partial charge in [-0.3, -0.25) is 9.36 Å². The molecule has 1 atom stereocenters. The molecule has 44 heavy (non-hydrogen) atoms. The van der Waals surface area contributed by atoms with Crippen LogP contribution in [0.3, 0.4) is 0 Å². The second kappa shape index (κ2) is 13.7. The Bertz CT molecular complexity index is 2070. The van der Waals surface area contributed by atoms with Gasteiger partial charge in [0.05, 0.1) is 26.0 Å². The standard InChI is InChI=1S/C33H23ClI2N2O4S2/c1-2-41-32(40)27-28(20-9-4-3-5-10-20)37-33-38(29(27)25-12-7-13-43-25)31(39)26(44-33)16-21-15-23(35)17-24(36)30(21)42-18-19-8-6-11-22(34)14-19/h3-17,29H,2,18H2,1H3/b26-16-/t29-/m1/s1. The maximum Gasteiger partial charge on any atom is 0.338 e. The number of benzene rings is 3. The van der Waals surface area contributed by atoms with Gasteiger partial charge in [-0.05, 0) is 99.5 Å². The van der Waals surface area contributed by atoms with E-state index in [1.165, 1.54) is 22.7 Å². The Labute approximate surface area is 293 Å². The summed E-state index contributed by atoms with van der Waals surface area (Å²) >= 11 is 13.5. The number of rotatable bonds is 8. The van der Waals surface area contributed by atoms with Crippen LogP contribution in [-0.4, -0.2) is 17.1 Å². The number of ether oxygens (including phenoxy) is 2. The second-order valence-corrected chi connectivity index (χ2v) is 14.5. The Morgan fingerprint density at radius 3 is 2.61 bits per heavy atom. The number of hydrogen-bond acceptors (Lipinski definition) is 7. The average molecular weight is 865 g/mol. The number of halogens is 3. The molecule has 6 rings (SSSR count). The van der Waals surface area contributed by atoms with Gasteiger partial charge < -0.3 is 9.47 Å². The number of hydrogen-bond donors (Lipinski definition) is 0. The molecule has 1 aliphatic rings. The molecule has 2 aromatic heterocycles. The Balaban J connectivity index is 1.54. The smallest absolute Gasteiger partial charge is 0.338 e. The van der Waals surface area contributed by atoms with Crippen molar-refractivity contribution >= 4 is 97.2 Å². The van der Waals surface area contributed by atoms with Crippen molar-refractivity contribution in [1.29, 1.82) is 0 Å². The fourth-order valence-electron chi connectivity index (χ4n) is 4.92. The summed E-state index contributed by atoms with van der Waals surface area (Å²) in [7, 11) is 0. The maximum atomic E-state index is 14.2. The highest BCUT2D eigenvalue weighted by molar-refractivity contribution is 14.1. The normalized spacial score (nSPS) is 14.7. The van der Waals surface area contributed by atoms with Gasteiger partial charge in [0.25, 0.3) is 5.56 Å². The minimum atomic E-state index is -0.683. The molecule has 5 aromatic rings. The summed E-state index contributed by atoms with van der Waals surface area (Å²) in [6, 6.07) is 24.3. The lowest BCUT2D eigenvalue weighted by molar-refractivity contribution is -0.138. The highest BCUT2D eigenvalue weighted by Gasteiger charge is 2.35. The van der Waals surface area contributed by atoms with Crippen molar-refractivity contribution in [3.05, 3.63) is 143 Å². The third kappa shape index (κ3) is 6.45. The Kier molecular flexibility index (Phi) is 9.71. The second-order valence-electron chi connectivity index (χ2n) is 9.67. The summed E-state index contributed by atoms with van der Waals surface area (Å²) in [5.41, 5.74) is 3.09. The zero-order chi connectivity index (χ0) is 30.8. The number of thiophene rings is 1. The topological polar surface area (TPSA) is 69.9 Å². The van der Waals surface area contributed by atoms with E-state index in [-0.39, 0.29) is 12.2 Å². The van der Waals surface area contributed by atoms with Crippen LogP contribution in [0.25, 0.3) is 11.8 Å². The Morgan fingerprint density at radius 1 is 1.07 bits per heavy atom. The predicted molar refractivity (Wildman–Crippen MR) is 193 cm³/mol. The first-order valence-corrected chi connectivity index (χ1v) is 17.8. The van der Waals surface area contributed by atoms with Crippen molar-refractivity contribution in [2.75, 3.05) is 6.61 Å². The lowest BCUT2D eigenvalue weighted by atomic mass is 9.97. The van der Waals surface area contributed by atoms with Gasteiger partial charge in [0.2, 0.25) is 0 Å². The van der Waals surface area contributed by atoms with Crippen LogP contribution in [0.5, 0.6) is 5.75 Å². The summed E-state index contributed by atoms with van der Waals surface area (Å²) in [6.07, 6.45) is 1.85. The minimum Gasteiger partial charge on any atom is -0.487 e. The van der Waals surface area contributed by atoms with Crippen molar-refractivity contribution in [1.82, 2.24) is 4.57 Å². The van der Waals surface area contributed by atoms with E-state index in [1.807, 2.05) is 90.3 Å². The SMILES string of the molecule is CCOC(=O)C1=C(c2ccccc2)N=c2s/c(=C\c3cc(I)cc(I)c3OCc3cccc(Cl)c3)c(=O)n2[C@@H]1c1cccs1. The first-order chi connectivity index (χ1) is 21.3. The van der Waals surface area contributed by atoms with E-state index in [9.17, 15) is 9.59 Å². The van der Waals surface area contributed by atoms with Crippen LogP contribution in [-0.2, 0) is 16.1 Å². The molecule has 0 N–H and O–H groups in total. The largest absolute Gasteiger partial charge is 0.487 e. The van der Waals surface area contributed by atoms with Crippen molar-refractivity contribution in [2.24, 2.45) is 4.99 Å². The fraction of sp³-hybridized carbons (Fsp3) is 0.121. The number of esters is 1. The number of nitrogens with zero attached hydrogens (tertiary/aromatic N) is 2. The lowest BCUT2D eigenvalue weighted by Gasteiger charge is -2.24. The number of carbonyl (C=O) groups excluding carboxylic acids is 1. The average Bonchev–Trinajstić information content (AvgIpc) is 3.65. The third-order valence-corrected chi connectivity index (χ3v) is 10.3. The van der Waals surface area contributed by atoms with E-state index >= 15 is 0 Å². The zero-order valence-corrected chi connectivity index (χ0v) is 29.8. The van der Waals surface area contributed by atoms with Crippen LogP contribution in [0, 0.1) is 7.14 Å². The zero-order valence-electron chi connectivity index (χ0n) is 23.1. The van der Waals surface area contributed by atoms with E-state index in [0.717, 1.165) is 28.7 Å². The van der Waals surface area contributed by atoms with Crippen LogP contribution in [0.15, 0.2) is 99.6 Å². The van der Waals surface area contributed by atoms with Crippen LogP contribution in [0.1, 0.15) is 34.5 Å². The number of aromatic nitrogens is 1. The van der Waals surface area contributed by atoms with Gasteiger partial charge in [0.15, 0.2) is 4.80 Å². The first-order valence-electron chi connectivity index (χ1n) is 13.5. The molecule has 0 spiro atoms. The van der Waals surface area contributed by atoms with Crippen molar-refractivity contribution < 1.29 is 14.3 Å². The Hall–Kier alpha value is -2.78. The summed E-state index contributed by atoms with van der Waals surface area (Å²) in [6.45, 7) is 2.29. The minimum absolute atomic E-state index is 0.204. The number of thiazole rings is 1. The van der Waals surface area contributed by atoms with Crippen LogP contribution < -0.4 is 19.6 Å². The van der Waals surface area contributed by atoms with Crippen LogP contribution in [0.2, 0.25) is 5.02 Å². The van der Waals surface area contributed by atoms with Gasteiger partial charge in [-0.1, -0.05) is 71.5 Å². The third-order valence-electron chi connectivity index (χ3n) is 6.78. The molecule has 0 bridgehead atoms. The van der Waals surface area contributed by atoms with E-state index in [1.54, 1.807) is 11.5 Å². The molecule has 3 heterocycles. The molecule has 1 aliphatic heterocycles. The van der Waals surface area contributed by atoms with E-state index < -0.39 is 12.0 Å². The quantitative estimate of drug-likeness (QED) is 0.120.